The Morgan fingerprint density at radius 1 is 1.24 bits per heavy atom. The smallest absolute Gasteiger partial charge is 0.154 e. The number of hydrogen-bond acceptors (Lipinski definition) is 5. The van der Waals surface area contributed by atoms with Crippen LogP contribution in [0.15, 0.2) is 41.7 Å². The summed E-state index contributed by atoms with van der Waals surface area (Å²) in [5.41, 5.74) is 6.73. The predicted molar refractivity (Wildman–Crippen MR) is 94.1 cm³/mol. The van der Waals surface area contributed by atoms with Crippen molar-refractivity contribution >= 4 is 16.9 Å². The number of benzene rings is 1. The Morgan fingerprint density at radius 2 is 2.08 bits per heavy atom. The van der Waals surface area contributed by atoms with Gasteiger partial charge >= 0.3 is 0 Å². The van der Waals surface area contributed by atoms with Gasteiger partial charge in [0.2, 0.25) is 0 Å². The molecule has 3 unspecified atom stereocenters. The van der Waals surface area contributed by atoms with Gasteiger partial charge in [-0.1, -0.05) is 17.8 Å². The molecule has 1 saturated carbocycles. The molecule has 2 aromatic rings. The molecule has 0 amide bonds. The molecule has 4 nitrogen and oxygen atoms in total. The van der Waals surface area contributed by atoms with Crippen LogP contribution in [0.2, 0.25) is 0 Å². The Kier molecular flexibility index (Phi) is 4.00. The molecule has 0 bridgehead atoms. The molecule has 1 aromatic heterocycles. The molecule has 130 valence electrons. The highest BCUT2D eigenvalue weighted by Gasteiger charge is 2.50. The number of thioether (sulfide) groups is 1. The number of aliphatic hydroxyl groups is 1. The van der Waals surface area contributed by atoms with Gasteiger partial charge < -0.3 is 10.8 Å². The molecule has 1 aliphatic carbocycles. The highest BCUT2D eigenvalue weighted by molar-refractivity contribution is 8.13. The van der Waals surface area contributed by atoms with E-state index in [4.69, 9.17) is 5.73 Å². The zero-order valence-electron chi connectivity index (χ0n) is 13.3. The molecule has 7 heteroatoms. The number of pyridine rings is 1. The van der Waals surface area contributed by atoms with Gasteiger partial charge in [0.05, 0.1) is 17.8 Å². The number of amidine groups is 1. The molecule has 4 rings (SSSR count). The summed E-state index contributed by atoms with van der Waals surface area (Å²) in [4.78, 5) is 8.46. The van der Waals surface area contributed by atoms with Crippen LogP contribution in [0.3, 0.4) is 0 Å². The highest BCUT2D eigenvalue weighted by atomic mass is 32.2. The number of rotatable bonds is 2. The fourth-order valence-electron chi connectivity index (χ4n) is 3.88. The Labute approximate surface area is 148 Å². The number of fused-ring (bicyclic) bond motifs is 1. The second kappa shape index (κ2) is 6.07. The zero-order chi connectivity index (χ0) is 17.6. The number of hydrogen-bond donors (Lipinski definition) is 2. The topological polar surface area (TPSA) is 71.5 Å². The lowest BCUT2D eigenvalue weighted by atomic mass is 9.80. The molecular formula is C18H17F2N3OS. The summed E-state index contributed by atoms with van der Waals surface area (Å²) >= 11 is 1.48. The van der Waals surface area contributed by atoms with Crippen LogP contribution in [0.1, 0.15) is 18.4 Å². The van der Waals surface area contributed by atoms with Crippen molar-refractivity contribution in [3.8, 4) is 11.1 Å². The monoisotopic (exact) mass is 361 g/mol. The van der Waals surface area contributed by atoms with E-state index >= 15 is 0 Å². The number of nitrogens with two attached hydrogens (primary N) is 1. The van der Waals surface area contributed by atoms with E-state index < -0.39 is 23.3 Å². The van der Waals surface area contributed by atoms with Gasteiger partial charge in [-0.25, -0.2) is 8.78 Å². The molecule has 0 radical (unpaired) electrons. The predicted octanol–water partition coefficient (Wildman–Crippen LogP) is 3.05. The van der Waals surface area contributed by atoms with Crippen molar-refractivity contribution in [3.05, 3.63) is 53.9 Å². The van der Waals surface area contributed by atoms with Crippen molar-refractivity contribution in [2.45, 2.75) is 24.5 Å². The standard InChI is InChI=1S/C18H17F2N3OS/c19-13-3-10(7-22-8-13)15-5-11(1-2-16(15)20)18-6-14(24)4-12(18)9-25-17(21)23-18/h1-3,5,7-8,12,14,24H,4,6,9H2,(H2,21,23). The summed E-state index contributed by atoms with van der Waals surface area (Å²) in [6, 6.07) is 5.98. The maximum absolute atomic E-state index is 14.4. The lowest BCUT2D eigenvalue weighted by molar-refractivity contribution is 0.173. The van der Waals surface area contributed by atoms with Gasteiger partial charge in [0, 0.05) is 35.4 Å². The minimum atomic E-state index is -0.655. The lowest BCUT2D eigenvalue weighted by Gasteiger charge is -2.35. The van der Waals surface area contributed by atoms with Crippen molar-refractivity contribution in [2.75, 3.05) is 5.75 Å². The van der Waals surface area contributed by atoms with Crippen LogP contribution >= 0.6 is 11.8 Å². The van der Waals surface area contributed by atoms with Crippen molar-refractivity contribution < 1.29 is 13.9 Å². The second-order valence-electron chi connectivity index (χ2n) is 6.56. The molecule has 1 aromatic carbocycles. The fraction of sp³-hybridized carbons (Fsp3) is 0.333. The average molecular weight is 361 g/mol. The number of aliphatic hydroxyl groups excluding tert-OH is 1. The largest absolute Gasteiger partial charge is 0.393 e. The van der Waals surface area contributed by atoms with Crippen molar-refractivity contribution in [1.82, 2.24) is 4.98 Å². The van der Waals surface area contributed by atoms with Gasteiger partial charge in [-0.2, -0.15) is 0 Å². The molecule has 2 aliphatic rings. The molecule has 1 aliphatic heterocycles. The normalized spacial score (nSPS) is 28.5. The summed E-state index contributed by atoms with van der Waals surface area (Å²) in [7, 11) is 0. The first-order chi connectivity index (χ1) is 12.0. The number of halogens is 2. The van der Waals surface area contributed by atoms with E-state index in [1.54, 1.807) is 12.1 Å². The SMILES string of the molecule is NC1=NC2(c3ccc(F)c(-c4cncc(F)c4)c3)CC(O)CC2CS1. The minimum Gasteiger partial charge on any atom is -0.393 e. The van der Waals surface area contributed by atoms with E-state index in [9.17, 15) is 13.9 Å². The van der Waals surface area contributed by atoms with Crippen LogP contribution in [0.4, 0.5) is 8.78 Å². The Morgan fingerprint density at radius 3 is 2.88 bits per heavy atom. The molecule has 0 saturated heterocycles. The highest BCUT2D eigenvalue weighted by Crippen LogP contribution is 2.51. The Bertz CT molecular complexity index is 860. The van der Waals surface area contributed by atoms with Crippen LogP contribution in [-0.4, -0.2) is 27.1 Å². The van der Waals surface area contributed by atoms with Crippen molar-refractivity contribution in [1.29, 1.82) is 0 Å². The van der Waals surface area contributed by atoms with Crippen LogP contribution in [0.5, 0.6) is 0 Å². The van der Waals surface area contributed by atoms with Gasteiger partial charge in [-0.3, -0.25) is 9.98 Å². The average Bonchev–Trinajstić information content (AvgIpc) is 2.91. The van der Waals surface area contributed by atoms with Gasteiger partial charge in [0.25, 0.3) is 0 Å². The second-order valence-corrected chi connectivity index (χ2v) is 7.60. The van der Waals surface area contributed by atoms with Crippen molar-refractivity contribution in [3.63, 3.8) is 0 Å². The van der Waals surface area contributed by atoms with Crippen LogP contribution < -0.4 is 5.73 Å². The molecule has 25 heavy (non-hydrogen) atoms. The van der Waals surface area contributed by atoms with E-state index in [-0.39, 0.29) is 11.5 Å². The first-order valence-electron chi connectivity index (χ1n) is 8.05. The molecular weight excluding hydrogens is 344 g/mol. The van der Waals surface area contributed by atoms with Gasteiger partial charge in [0.1, 0.15) is 11.6 Å². The Hall–Kier alpha value is -1.99. The third-order valence-corrected chi connectivity index (χ3v) is 5.96. The fourth-order valence-corrected chi connectivity index (χ4v) is 4.89. The van der Waals surface area contributed by atoms with E-state index in [0.29, 0.717) is 23.6 Å². The van der Waals surface area contributed by atoms with E-state index in [1.807, 2.05) is 0 Å². The third-order valence-electron chi connectivity index (χ3n) is 5.00. The number of aromatic nitrogens is 1. The summed E-state index contributed by atoms with van der Waals surface area (Å²) in [6.45, 7) is 0. The van der Waals surface area contributed by atoms with Gasteiger partial charge in [-0.15, -0.1) is 0 Å². The Balaban J connectivity index is 1.86. The van der Waals surface area contributed by atoms with Gasteiger partial charge in [-0.05, 0) is 30.2 Å². The first-order valence-corrected chi connectivity index (χ1v) is 9.03. The maximum atomic E-state index is 14.4. The molecule has 3 N–H and O–H groups in total. The molecule has 3 atom stereocenters. The first kappa shape index (κ1) is 16.5. The minimum absolute atomic E-state index is 0.128. The van der Waals surface area contributed by atoms with E-state index in [1.165, 1.54) is 30.1 Å². The van der Waals surface area contributed by atoms with Crippen LogP contribution in [-0.2, 0) is 5.54 Å². The van der Waals surface area contributed by atoms with Crippen LogP contribution in [0.25, 0.3) is 11.1 Å². The quantitative estimate of drug-likeness (QED) is 0.862. The van der Waals surface area contributed by atoms with Crippen LogP contribution in [0, 0.1) is 17.6 Å². The number of aliphatic imine (C=N–C) groups is 1. The zero-order valence-corrected chi connectivity index (χ0v) is 14.1. The van der Waals surface area contributed by atoms with E-state index in [2.05, 4.69) is 9.98 Å². The molecule has 2 heterocycles. The molecule has 0 spiro atoms. The maximum Gasteiger partial charge on any atom is 0.154 e. The summed E-state index contributed by atoms with van der Waals surface area (Å²) < 4.78 is 27.9. The lowest BCUT2D eigenvalue weighted by Crippen LogP contribution is -2.36. The van der Waals surface area contributed by atoms with E-state index in [0.717, 1.165) is 17.5 Å². The van der Waals surface area contributed by atoms with Gasteiger partial charge in [0.15, 0.2) is 5.17 Å². The summed E-state index contributed by atoms with van der Waals surface area (Å²) in [5, 5.41) is 10.7. The third kappa shape index (κ3) is 2.81. The number of nitrogens with zero attached hydrogens (tertiary/aromatic N) is 2. The van der Waals surface area contributed by atoms with Crippen molar-refractivity contribution in [2.24, 2.45) is 16.6 Å². The summed E-state index contributed by atoms with van der Waals surface area (Å²) in [6.07, 6.45) is 3.13. The molecule has 1 fully saturated rings. The summed E-state index contributed by atoms with van der Waals surface area (Å²) in [5.74, 6) is -0.0832.